The number of amides is 1. The number of hydrogen-bond donors (Lipinski definition) is 1. The summed E-state index contributed by atoms with van der Waals surface area (Å²) in [6.07, 6.45) is 0.716. The number of nitrogens with one attached hydrogen (secondary N) is 1. The van der Waals surface area contributed by atoms with Gasteiger partial charge < -0.3 is 14.8 Å². The van der Waals surface area contributed by atoms with Crippen LogP contribution in [0.25, 0.3) is 11.1 Å². The van der Waals surface area contributed by atoms with Crippen LogP contribution in [0.2, 0.25) is 0 Å². The molecule has 0 unspecified atom stereocenters. The quantitative estimate of drug-likeness (QED) is 0.681. The molecular formula is C23H23NO3. The average molecular weight is 361 g/mol. The molecule has 0 heterocycles. The standard InChI is InChI=1S/C23H23NO3/c1-26-21-13-8-17(16-22(21)27-2)14-15-24-23(25)20-11-9-19(10-12-20)18-6-4-3-5-7-18/h3-13,16H,14-15H2,1-2H3,(H,24,25). The van der Waals surface area contributed by atoms with Crippen LogP contribution in [-0.2, 0) is 6.42 Å². The fourth-order valence-electron chi connectivity index (χ4n) is 2.90. The van der Waals surface area contributed by atoms with Crippen molar-refractivity contribution in [1.29, 1.82) is 0 Å². The summed E-state index contributed by atoms with van der Waals surface area (Å²) in [6.45, 7) is 0.550. The molecule has 1 amide bonds. The Morgan fingerprint density at radius 1 is 0.815 bits per heavy atom. The van der Waals surface area contributed by atoms with Gasteiger partial charge in [0.15, 0.2) is 11.5 Å². The number of carbonyl (C=O) groups excluding carboxylic acids is 1. The Bertz CT molecular complexity index is 889. The minimum absolute atomic E-state index is 0.0740. The molecule has 1 N–H and O–H groups in total. The van der Waals surface area contributed by atoms with Crippen LogP contribution in [0.1, 0.15) is 15.9 Å². The molecule has 0 fully saturated rings. The van der Waals surface area contributed by atoms with Crippen LogP contribution in [0.3, 0.4) is 0 Å². The summed E-state index contributed by atoms with van der Waals surface area (Å²) in [6, 6.07) is 23.5. The van der Waals surface area contributed by atoms with Crippen LogP contribution < -0.4 is 14.8 Å². The second-order valence-corrected chi connectivity index (χ2v) is 6.14. The maximum Gasteiger partial charge on any atom is 0.251 e. The van der Waals surface area contributed by atoms with Crippen LogP contribution in [0.15, 0.2) is 72.8 Å². The van der Waals surface area contributed by atoms with Gasteiger partial charge in [0.1, 0.15) is 0 Å². The molecule has 0 radical (unpaired) electrons. The van der Waals surface area contributed by atoms with E-state index >= 15 is 0 Å². The molecule has 4 nitrogen and oxygen atoms in total. The zero-order chi connectivity index (χ0) is 19.1. The molecule has 0 aromatic heterocycles. The second-order valence-electron chi connectivity index (χ2n) is 6.14. The highest BCUT2D eigenvalue weighted by Crippen LogP contribution is 2.27. The number of ether oxygens (including phenoxy) is 2. The van der Waals surface area contributed by atoms with Crippen LogP contribution in [0.4, 0.5) is 0 Å². The number of methoxy groups -OCH3 is 2. The predicted molar refractivity (Wildman–Crippen MR) is 107 cm³/mol. The van der Waals surface area contributed by atoms with Crippen molar-refractivity contribution in [3.05, 3.63) is 83.9 Å². The SMILES string of the molecule is COc1ccc(CCNC(=O)c2ccc(-c3ccccc3)cc2)cc1OC. The fraction of sp³-hybridized carbons (Fsp3) is 0.174. The van der Waals surface area contributed by atoms with Gasteiger partial charge in [-0.25, -0.2) is 0 Å². The first-order chi connectivity index (χ1) is 13.2. The number of benzene rings is 3. The highest BCUT2D eigenvalue weighted by molar-refractivity contribution is 5.94. The average Bonchev–Trinajstić information content (AvgIpc) is 2.74. The Morgan fingerprint density at radius 3 is 2.15 bits per heavy atom. The van der Waals surface area contributed by atoms with Gasteiger partial charge in [0.2, 0.25) is 0 Å². The van der Waals surface area contributed by atoms with E-state index in [0.717, 1.165) is 16.7 Å². The fourth-order valence-corrected chi connectivity index (χ4v) is 2.90. The van der Waals surface area contributed by atoms with Gasteiger partial charge in [-0.1, -0.05) is 48.5 Å². The molecule has 138 valence electrons. The zero-order valence-electron chi connectivity index (χ0n) is 15.6. The minimum atomic E-state index is -0.0740. The van der Waals surface area contributed by atoms with Crippen molar-refractivity contribution in [2.75, 3.05) is 20.8 Å². The summed E-state index contributed by atoms with van der Waals surface area (Å²) in [5.74, 6) is 1.32. The molecule has 3 aromatic rings. The third kappa shape index (κ3) is 4.67. The lowest BCUT2D eigenvalue weighted by Gasteiger charge is -2.10. The molecule has 0 saturated carbocycles. The van der Waals surface area contributed by atoms with E-state index in [4.69, 9.17) is 9.47 Å². The van der Waals surface area contributed by atoms with E-state index in [1.54, 1.807) is 14.2 Å². The minimum Gasteiger partial charge on any atom is -0.493 e. The molecular weight excluding hydrogens is 338 g/mol. The van der Waals surface area contributed by atoms with Gasteiger partial charge >= 0.3 is 0 Å². The maximum absolute atomic E-state index is 12.4. The Balaban J connectivity index is 1.56. The Hall–Kier alpha value is -3.27. The molecule has 4 heteroatoms. The lowest BCUT2D eigenvalue weighted by molar-refractivity contribution is 0.0954. The summed E-state index contributed by atoms with van der Waals surface area (Å²) in [5, 5.41) is 2.96. The number of hydrogen-bond acceptors (Lipinski definition) is 3. The van der Waals surface area contributed by atoms with Gasteiger partial charge in [-0.05, 0) is 47.4 Å². The van der Waals surface area contributed by atoms with E-state index < -0.39 is 0 Å². The smallest absolute Gasteiger partial charge is 0.251 e. The largest absolute Gasteiger partial charge is 0.493 e. The van der Waals surface area contributed by atoms with Crippen molar-refractivity contribution >= 4 is 5.91 Å². The van der Waals surface area contributed by atoms with E-state index in [0.29, 0.717) is 30.0 Å². The van der Waals surface area contributed by atoms with Gasteiger partial charge in [0.05, 0.1) is 14.2 Å². The molecule has 0 bridgehead atoms. The zero-order valence-corrected chi connectivity index (χ0v) is 15.6. The first-order valence-corrected chi connectivity index (χ1v) is 8.86. The van der Waals surface area contributed by atoms with E-state index in [-0.39, 0.29) is 5.91 Å². The molecule has 0 aliphatic heterocycles. The third-order valence-corrected chi connectivity index (χ3v) is 4.40. The molecule has 0 spiro atoms. The lowest BCUT2D eigenvalue weighted by atomic mass is 10.0. The first-order valence-electron chi connectivity index (χ1n) is 8.86. The van der Waals surface area contributed by atoms with Crippen molar-refractivity contribution in [3.63, 3.8) is 0 Å². The van der Waals surface area contributed by atoms with Gasteiger partial charge in [0.25, 0.3) is 5.91 Å². The molecule has 0 aliphatic carbocycles. The van der Waals surface area contributed by atoms with Crippen molar-refractivity contribution in [1.82, 2.24) is 5.32 Å². The van der Waals surface area contributed by atoms with E-state index in [9.17, 15) is 4.79 Å². The van der Waals surface area contributed by atoms with Crippen LogP contribution >= 0.6 is 0 Å². The number of carbonyl (C=O) groups is 1. The molecule has 3 rings (SSSR count). The van der Waals surface area contributed by atoms with Crippen molar-refractivity contribution < 1.29 is 14.3 Å². The van der Waals surface area contributed by atoms with Gasteiger partial charge in [-0.3, -0.25) is 4.79 Å². The molecule has 27 heavy (non-hydrogen) atoms. The van der Waals surface area contributed by atoms with Crippen LogP contribution in [0, 0.1) is 0 Å². The van der Waals surface area contributed by atoms with Gasteiger partial charge in [-0.2, -0.15) is 0 Å². The monoisotopic (exact) mass is 361 g/mol. The normalized spacial score (nSPS) is 10.3. The van der Waals surface area contributed by atoms with Crippen molar-refractivity contribution in [2.24, 2.45) is 0 Å². The molecule has 0 saturated heterocycles. The summed E-state index contributed by atoms with van der Waals surface area (Å²) >= 11 is 0. The third-order valence-electron chi connectivity index (χ3n) is 4.40. The van der Waals surface area contributed by atoms with E-state index in [1.165, 1.54) is 0 Å². The highest BCUT2D eigenvalue weighted by Gasteiger charge is 2.07. The summed E-state index contributed by atoms with van der Waals surface area (Å²) in [5.41, 5.74) is 3.96. The van der Waals surface area contributed by atoms with Gasteiger partial charge in [0, 0.05) is 12.1 Å². The second kappa shape index (κ2) is 8.90. The predicted octanol–water partition coefficient (Wildman–Crippen LogP) is 4.34. The van der Waals surface area contributed by atoms with Crippen molar-refractivity contribution in [2.45, 2.75) is 6.42 Å². The van der Waals surface area contributed by atoms with Crippen LogP contribution in [-0.4, -0.2) is 26.7 Å². The Kier molecular flexibility index (Phi) is 6.10. The topological polar surface area (TPSA) is 47.6 Å². The maximum atomic E-state index is 12.4. The molecule has 3 aromatic carbocycles. The highest BCUT2D eigenvalue weighted by atomic mass is 16.5. The van der Waals surface area contributed by atoms with Crippen molar-refractivity contribution in [3.8, 4) is 22.6 Å². The lowest BCUT2D eigenvalue weighted by Crippen LogP contribution is -2.25. The molecule has 0 atom stereocenters. The van der Waals surface area contributed by atoms with E-state index in [1.807, 2.05) is 60.7 Å². The Labute approximate surface area is 159 Å². The number of rotatable bonds is 7. The summed E-state index contributed by atoms with van der Waals surface area (Å²) < 4.78 is 10.5. The molecule has 0 aliphatic rings. The van der Waals surface area contributed by atoms with E-state index in [2.05, 4.69) is 17.4 Å². The van der Waals surface area contributed by atoms with Gasteiger partial charge in [-0.15, -0.1) is 0 Å². The van der Waals surface area contributed by atoms with Crippen LogP contribution in [0.5, 0.6) is 11.5 Å². The summed E-state index contributed by atoms with van der Waals surface area (Å²) in [7, 11) is 3.23. The summed E-state index contributed by atoms with van der Waals surface area (Å²) in [4.78, 5) is 12.4. The first kappa shape index (κ1) is 18.5. The Morgan fingerprint density at radius 2 is 1.48 bits per heavy atom.